The molecule has 0 radical (unpaired) electrons. The first-order chi connectivity index (χ1) is 8.29. The molecule has 1 aliphatic rings. The van der Waals surface area contributed by atoms with Crippen molar-refractivity contribution in [2.24, 2.45) is 5.92 Å². The Morgan fingerprint density at radius 2 is 2.18 bits per heavy atom. The highest BCUT2D eigenvalue weighted by molar-refractivity contribution is 5.37. The Hall–Kier alpha value is -1.16. The lowest BCUT2D eigenvalue weighted by atomic mass is 9.97. The number of rotatable bonds is 4. The number of aromatic nitrogens is 2. The molecule has 0 atom stereocenters. The van der Waals surface area contributed by atoms with Crippen molar-refractivity contribution in [3.63, 3.8) is 0 Å². The van der Waals surface area contributed by atoms with Crippen molar-refractivity contribution in [1.82, 2.24) is 15.3 Å². The molecule has 17 heavy (non-hydrogen) atoms. The third-order valence-electron chi connectivity index (χ3n) is 3.38. The van der Waals surface area contributed by atoms with Crippen molar-refractivity contribution in [1.29, 1.82) is 0 Å². The average molecular weight is 234 g/mol. The standard InChI is InChI=1S/C13H22N4/c1-3-14-10-12-5-8-17(9-6-12)13-4-7-15-11(2)16-13/h4,7,12,14H,3,5-6,8-10H2,1-2H3. The summed E-state index contributed by atoms with van der Waals surface area (Å²) in [5.41, 5.74) is 0. The quantitative estimate of drug-likeness (QED) is 0.859. The molecule has 0 unspecified atom stereocenters. The highest BCUT2D eigenvalue weighted by Crippen LogP contribution is 2.20. The van der Waals surface area contributed by atoms with Gasteiger partial charge in [-0.2, -0.15) is 0 Å². The van der Waals surface area contributed by atoms with Crippen molar-refractivity contribution in [2.45, 2.75) is 26.7 Å². The molecule has 0 aliphatic carbocycles. The number of hydrogen-bond donors (Lipinski definition) is 1. The molecule has 0 aromatic carbocycles. The summed E-state index contributed by atoms with van der Waals surface area (Å²) >= 11 is 0. The van der Waals surface area contributed by atoms with Gasteiger partial charge in [0.25, 0.3) is 0 Å². The van der Waals surface area contributed by atoms with Crippen LogP contribution < -0.4 is 10.2 Å². The van der Waals surface area contributed by atoms with E-state index in [1.54, 1.807) is 0 Å². The summed E-state index contributed by atoms with van der Waals surface area (Å²) in [6.45, 7) is 8.58. The third kappa shape index (κ3) is 3.40. The van der Waals surface area contributed by atoms with Gasteiger partial charge in [-0.15, -0.1) is 0 Å². The minimum atomic E-state index is 0.828. The summed E-state index contributed by atoms with van der Waals surface area (Å²) in [4.78, 5) is 11.0. The van der Waals surface area contributed by atoms with Crippen LogP contribution in [0, 0.1) is 12.8 Å². The molecule has 4 nitrogen and oxygen atoms in total. The Morgan fingerprint density at radius 1 is 1.41 bits per heavy atom. The maximum absolute atomic E-state index is 4.48. The second-order valence-corrected chi connectivity index (χ2v) is 4.70. The molecule has 1 aromatic rings. The second-order valence-electron chi connectivity index (χ2n) is 4.70. The fourth-order valence-electron chi connectivity index (χ4n) is 2.33. The Morgan fingerprint density at radius 3 is 2.82 bits per heavy atom. The zero-order chi connectivity index (χ0) is 12.1. The van der Waals surface area contributed by atoms with Crippen LogP contribution in [-0.2, 0) is 0 Å². The molecular weight excluding hydrogens is 212 g/mol. The van der Waals surface area contributed by atoms with E-state index in [-0.39, 0.29) is 0 Å². The van der Waals surface area contributed by atoms with E-state index in [2.05, 4.69) is 27.1 Å². The van der Waals surface area contributed by atoms with Crippen LogP contribution in [0.5, 0.6) is 0 Å². The van der Waals surface area contributed by atoms with Gasteiger partial charge in [-0.25, -0.2) is 9.97 Å². The first kappa shape index (κ1) is 12.3. The Kier molecular flexibility index (Phi) is 4.31. The lowest BCUT2D eigenvalue weighted by Gasteiger charge is -2.32. The highest BCUT2D eigenvalue weighted by atomic mass is 15.2. The number of aryl methyl sites for hydroxylation is 1. The lowest BCUT2D eigenvalue weighted by Crippen LogP contribution is -2.37. The van der Waals surface area contributed by atoms with Crippen LogP contribution in [-0.4, -0.2) is 36.1 Å². The monoisotopic (exact) mass is 234 g/mol. The zero-order valence-corrected chi connectivity index (χ0v) is 10.8. The van der Waals surface area contributed by atoms with Gasteiger partial charge in [0, 0.05) is 19.3 Å². The fraction of sp³-hybridized carbons (Fsp3) is 0.692. The minimum absolute atomic E-state index is 0.828. The van der Waals surface area contributed by atoms with Gasteiger partial charge in [-0.1, -0.05) is 6.92 Å². The molecule has 1 N–H and O–H groups in total. The van der Waals surface area contributed by atoms with Crippen molar-refractivity contribution < 1.29 is 0 Å². The van der Waals surface area contributed by atoms with Gasteiger partial charge in [0.1, 0.15) is 11.6 Å². The predicted molar refractivity (Wildman–Crippen MR) is 70.2 cm³/mol. The van der Waals surface area contributed by atoms with Gasteiger partial charge in [0.2, 0.25) is 0 Å². The zero-order valence-electron chi connectivity index (χ0n) is 10.8. The van der Waals surface area contributed by atoms with E-state index in [0.717, 1.165) is 43.7 Å². The normalized spacial score (nSPS) is 17.4. The number of nitrogens with one attached hydrogen (secondary N) is 1. The molecule has 0 saturated carbocycles. The van der Waals surface area contributed by atoms with Gasteiger partial charge in [0.05, 0.1) is 0 Å². The number of hydrogen-bond acceptors (Lipinski definition) is 4. The maximum Gasteiger partial charge on any atom is 0.132 e. The van der Waals surface area contributed by atoms with Gasteiger partial charge < -0.3 is 10.2 Å². The fourth-order valence-corrected chi connectivity index (χ4v) is 2.33. The molecule has 1 aliphatic heterocycles. The molecular formula is C13H22N4. The van der Waals surface area contributed by atoms with Gasteiger partial charge in [0.15, 0.2) is 0 Å². The van der Waals surface area contributed by atoms with Crippen LogP contribution in [0.25, 0.3) is 0 Å². The first-order valence-electron chi connectivity index (χ1n) is 6.55. The molecule has 1 saturated heterocycles. The molecule has 0 bridgehead atoms. The third-order valence-corrected chi connectivity index (χ3v) is 3.38. The lowest BCUT2D eigenvalue weighted by molar-refractivity contribution is 0.385. The van der Waals surface area contributed by atoms with Crippen LogP contribution in [0.1, 0.15) is 25.6 Å². The molecule has 1 aromatic heterocycles. The maximum atomic E-state index is 4.48. The predicted octanol–water partition coefficient (Wildman–Crippen LogP) is 1.61. The van der Waals surface area contributed by atoms with Gasteiger partial charge >= 0.3 is 0 Å². The molecule has 0 spiro atoms. The topological polar surface area (TPSA) is 41.0 Å². The largest absolute Gasteiger partial charge is 0.356 e. The number of piperidine rings is 1. The average Bonchev–Trinajstić information content (AvgIpc) is 2.37. The van der Waals surface area contributed by atoms with E-state index in [0.29, 0.717) is 0 Å². The van der Waals surface area contributed by atoms with Crippen LogP contribution in [0.15, 0.2) is 12.3 Å². The van der Waals surface area contributed by atoms with E-state index in [1.165, 1.54) is 12.8 Å². The minimum Gasteiger partial charge on any atom is -0.356 e. The summed E-state index contributed by atoms with van der Waals surface area (Å²) < 4.78 is 0. The SMILES string of the molecule is CCNCC1CCN(c2ccnc(C)n2)CC1. The van der Waals surface area contributed by atoms with E-state index < -0.39 is 0 Å². The van der Waals surface area contributed by atoms with E-state index >= 15 is 0 Å². The van der Waals surface area contributed by atoms with Crippen LogP contribution in [0.2, 0.25) is 0 Å². The van der Waals surface area contributed by atoms with Crippen LogP contribution in [0.3, 0.4) is 0 Å². The Balaban J connectivity index is 1.86. The summed E-state index contributed by atoms with van der Waals surface area (Å²) in [5, 5.41) is 3.44. The first-order valence-corrected chi connectivity index (χ1v) is 6.55. The number of anilines is 1. The van der Waals surface area contributed by atoms with E-state index in [1.807, 2.05) is 19.2 Å². The molecule has 2 heterocycles. The molecule has 0 amide bonds. The molecule has 94 valence electrons. The van der Waals surface area contributed by atoms with E-state index in [9.17, 15) is 0 Å². The smallest absolute Gasteiger partial charge is 0.132 e. The van der Waals surface area contributed by atoms with Crippen LogP contribution >= 0.6 is 0 Å². The van der Waals surface area contributed by atoms with E-state index in [4.69, 9.17) is 0 Å². The van der Waals surface area contributed by atoms with Crippen molar-refractivity contribution >= 4 is 5.82 Å². The van der Waals surface area contributed by atoms with Crippen LogP contribution in [0.4, 0.5) is 5.82 Å². The van der Waals surface area contributed by atoms with Crippen molar-refractivity contribution in [3.05, 3.63) is 18.1 Å². The summed E-state index contributed by atoms with van der Waals surface area (Å²) in [6, 6.07) is 2.01. The summed E-state index contributed by atoms with van der Waals surface area (Å²) in [7, 11) is 0. The summed E-state index contributed by atoms with van der Waals surface area (Å²) in [5.74, 6) is 2.77. The highest BCUT2D eigenvalue weighted by Gasteiger charge is 2.19. The number of nitrogens with zero attached hydrogens (tertiary/aromatic N) is 3. The Labute approximate surface area is 103 Å². The molecule has 2 rings (SSSR count). The Bertz CT molecular complexity index is 345. The van der Waals surface area contributed by atoms with Crippen molar-refractivity contribution in [3.8, 4) is 0 Å². The summed E-state index contributed by atoms with van der Waals surface area (Å²) in [6.07, 6.45) is 4.37. The molecule has 4 heteroatoms. The molecule has 1 fully saturated rings. The second kappa shape index (κ2) is 5.96. The van der Waals surface area contributed by atoms with Crippen molar-refractivity contribution in [2.75, 3.05) is 31.1 Å². The van der Waals surface area contributed by atoms with Gasteiger partial charge in [-0.05, 0) is 44.8 Å². The van der Waals surface area contributed by atoms with Gasteiger partial charge in [-0.3, -0.25) is 0 Å².